The molecule has 104 valence electrons. The summed E-state index contributed by atoms with van der Waals surface area (Å²) in [6.45, 7) is 1.96. The van der Waals surface area contributed by atoms with Gasteiger partial charge >= 0.3 is 0 Å². The van der Waals surface area contributed by atoms with E-state index in [9.17, 15) is 4.79 Å². The topological polar surface area (TPSA) is 50.2 Å². The van der Waals surface area contributed by atoms with Gasteiger partial charge in [-0.2, -0.15) is 5.10 Å². The van der Waals surface area contributed by atoms with Gasteiger partial charge in [-0.15, -0.1) is 0 Å². The summed E-state index contributed by atoms with van der Waals surface area (Å²) in [4.78, 5) is 14.7. The van der Waals surface area contributed by atoms with Crippen molar-refractivity contribution in [2.45, 2.75) is 44.2 Å². The molecule has 5 heteroatoms. The molecule has 1 amide bonds. The zero-order chi connectivity index (χ0) is 13.2. The molecule has 5 nitrogen and oxygen atoms in total. The molecule has 1 aromatic heterocycles. The second-order valence-electron chi connectivity index (χ2n) is 5.64. The number of piperidine rings is 1. The summed E-state index contributed by atoms with van der Waals surface area (Å²) >= 11 is 0. The number of nitrogens with one attached hydrogen (secondary N) is 1. The highest BCUT2D eigenvalue weighted by Crippen LogP contribution is 2.25. The van der Waals surface area contributed by atoms with Crippen LogP contribution < -0.4 is 5.32 Å². The van der Waals surface area contributed by atoms with E-state index in [2.05, 4.69) is 15.3 Å². The minimum absolute atomic E-state index is 0.0963. The average Bonchev–Trinajstić information content (AvgIpc) is 3.09. The standard InChI is InChI=1S/C14H22N4O/c1-17-10-7-12(16-17)14(19)18-9-3-2-6-13(18)11-5-4-8-15-11/h7,10-11,13,15H,2-6,8-9H2,1H3. The number of amides is 1. The van der Waals surface area contributed by atoms with Crippen molar-refractivity contribution in [3.8, 4) is 0 Å². The van der Waals surface area contributed by atoms with Crippen LogP contribution in [0.5, 0.6) is 0 Å². The van der Waals surface area contributed by atoms with Crippen molar-refractivity contribution in [2.24, 2.45) is 7.05 Å². The molecule has 1 aromatic rings. The molecule has 0 saturated carbocycles. The Balaban J connectivity index is 1.77. The van der Waals surface area contributed by atoms with Crippen molar-refractivity contribution >= 4 is 5.91 Å². The van der Waals surface area contributed by atoms with Crippen LogP contribution in [-0.2, 0) is 7.05 Å². The maximum absolute atomic E-state index is 12.6. The molecule has 3 heterocycles. The predicted molar refractivity (Wildman–Crippen MR) is 72.9 cm³/mol. The van der Waals surface area contributed by atoms with E-state index in [1.807, 2.05) is 19.3 Å². The lowest BCUT2D eigenvalue weighted by atomic mass is 9.94. The number of hydrogen-bond acceptors (Lipinski definition) is 3. The molecule has 2 fully saturated rings. The molecule has 1 N–H and O–H groups in total. The summed E-state index contributed by atoms with van der Waals surface area (Å²) in [7, 11) is 1.85. The van der Waals surface area contributed by atoms with Gasteiger partial charge in [-0.1, -0.05) is 0 Å². The quantitative estimate of drug-likeness (QED) is 0.870. The van der Waals surface area contributed by atoms with Crippen LogP contribution in [0.4, 0.5) is 0 Å². The van der Waals surface area contributed by atoms with Gasteiger partial charge < -0.3 is 10.2 Å². The third-order valence-corrected chi connectivity index (χ3v) is 4.31. The Morgan fingerprint density at radius 3 is 2.95 bits per heavy atom. The Kier molecular flexibility index (Phi) is 3.55. The number of aromatic nitrogens is 2. The zero-order valence-corrected chi connectivity index (χ0v) is 11.5. The number of hydrogen-bond donors (Lipinski definition) is 1. The Morgan fingerprint density at radius 2 is 2.26 bits per heavy atom. The number of nitrogens with zero attached hydrogens (tertiary/aromatic N) is 3. The van der Waals surface area contributed by atoms with Gasteiger partial charge in [0.1, 0.15) is 5.69 Å². The molecule has 0 aliphatic carbocycles. The van der Waals surface area contributed by atoms with E-state index in [-0.39, 0.29) is 5.91 Å². The molecule has 0 aromatic carbocycles. The minimum Gasteiger partial charge on any atom is -0.333 e. The summed E-state index contributed by atoms with van der Waals surface area (Å²) in [5.41, 5.74) is 0.576. The van der Waals surface area contributed by atoms with Crippen molar-refractivity contribution < 1.29 is 4.79 Å². The first-order chi connectivity index (χ1) is 9.25. The van der Waals surface area contributed by atoms with Gasteiger partial charge in [-0.25, -0.2) is 0 Å². The van der Waals surface area contributed by atoms with Crippen LogP contribution in [0, 0.1) is 0 Å². The smallest absolute Gasteiger partial charge is 0.274 e. The monoisotopic (exact) mass is 262 g/mol. The summed E-state index contributed by atoms with van der Waals surface area (Å²) in [6, 6.07) is 2.65. The maximum atomic E-state index is 12.6. The van der Waals surface area contributed by atoms with Gasteiger partial charge in [-0.3, -0.25) is 9.48 Å². The van der Waals surface area contributed by atoms with E-state index in [0.29, 0.717) is 17.8 Å². The third-order valence-electron chi connectivity index (χ3n) is 4.31. The molecule has 0 radical (unpaired) electrons. The van der Waals surface area contributed by atoms with Crippen LogP contribution >= 0.6 is 0 Å². The van der Waals surface area contributed by atoms with Crippen molar-refractivity contribution in [2.75, 3.05) is 13.1 Å². The lowest BCUT2D eigenvalue weighted by Crippen LogP contribution is -2.52. The maximum Gasteiger partial charge on any atom is 0.274 e. The summed E-state index contributed by atoms with van der Waals surface area (Å²) in [5, 5.41) is 7.80. The van der Waals surface area contributed by atoms with E-state index >= 15 is 0 Å². The molecule has 2 aliphatic heterocycles. The Morgan fingerprint density at radius 1 is 1.37 bits per heavy atom. The molecular weight excluding hydrogens is 240 g/mol. The number of likely N-dealkylation sites (tertiary alicyclic amines) is 1. The van der Waals surface area contributed by atoms with Crippen molar-refractivity contribution in [1.29, 1.82) is 0 Å². The Labute approximate surface area is 114 Å². The Bertz CT molecular complexity index is 450. The van der Waals surface area contributed by atoms with Crippen LogP contribution in [0.1, 0.15) is 42.6 Å². The summed E-state index contributed by atoms with van der Waals surface area (Å²) in [6.07, 6.45) is 7.72. The molecule has 0 bridgehead atoms. The van der Waals surface area contributed by atoms with Crippen molar-refractivity contribution in [3.05, 3.63) is 18.0 Å². The molecular formula is C14H22N4O. The van der Waals surface area contributed by atoms with Gasteiger partial charge in [-0.05, 0) is 44.7 Å². The third kappa shape index (κ3) is 2.52. The van der Waals surface area contributed by atoms with Gasteiger partial charge in [0.2, 0.25) is 0 Å². The molecule has 2 aliphatic rings. The Hall–Kier alpha value is -1.36. The number of carbonyl (C=O) groups is 1. The van der Waals surface area contributed by atoms with E-state index < -0.39 is 0 Å². The van der Waals surface area contributed by atoms with E-state index in [0.717, 1.165) is 25.9 Å². The SMILES string of the molecule is Cn1ccc(C(=O)N2CCCCC2C2CCCN2)n1. The van der Waals surface area contributed by atoms with Crippen LogP contribution in [0.25, 0.3) is 0 Å². The molecule has 0 spiro atoms. The van der Waals surface area contributed by atoms with Gasteiger partial charge in [0.05, 0.1) is 0 Å². The van der Waals surface area contributed by atoms with Crippen molar-refractivity contribution in [1.82, 2.24) is 20.0 Å². The predicted octanol–water partition coefficient (Wildman–Crippen LogP) is 1.17. The second kappa shape index (κ2) is 5.33. The molecule has 2 unspecified atom stereocenters. The number of carbonyl (C=O) groups excluding carboxylic acids is 1. The lowest BCUT2D eigenvalue weighted by Gasteiger charge is -2.39. The van der Waals surface area contributed by atoms with Gasteiger partial charge in [0, 0.05) is 31.9 Å². The highest BCUT2D eigenvalue weighted by atomic mass is 16.2. The first-order valence-corrected chi connectivity index (χ1v) is 7.30. The number of rotatable bonds is 2. The highest BCUT2D eigenvalue weighted by molar-refractivity contribution is 5.92. The van der Waals surface area contributed by atoms with Crippen molar-refractivity contribution in [3.63, 3.8) is 0 Å². The van der Waals surface area contributed by atoms with Crippen LogP contribution in [-0.4, -0.2) is 45.8 Å². The fraction of sp³-hybridized carbons (Fsp3) is 0.714. The van der Waals surface area contributed by atoms with Crippen LogP contribution in [0.15, 0.2) is 12.3 Å². The van der Waals surface area contributed by atoms with Gasteiger partial charge in [0.25, 0.3) is 5.91 Å². The second-order valence-corrected chi connectivity index (χ2v) is 5.64. The average molecular weight is 262 g/mol. The summed E-state index contributed by atoms with van der Waals surface area (Å²) in [5.74, 6) is 0.0963. The highest BCUT2D eigenvalue weighted by Gasteiger charge is 2.35. The summed E-state index contributed by atoms with van der Waals surface area (Å²) < 4.78 is 1.69. The van der Waals surface area contributed by atoms with Crippen LogP contribution in [0.2, 0.25) is 0 Å². The molecule has 2 atom stereocenters. The fourth-order valence-corrected chi connectivity index (χ4v) is 3.34. The van der Waals surface area contributed by atoms with E-state index in [1.165, 1.54) is 19.3 Å². The molecule has 19 heavy (non-hydrogen) atoms. The first kappa shape index (κ1) is 12.7. The largest absolute Gasteiger partial charge is 0.333 e. The lowest BCUT2D eigenvalue weighted by molar-refractivity contribution is 0.0557. The first-order valence-electron chi connectivity index (χ1n) is 7.30. The normalized spacial score (nSPS) is 27.7. The van der Waals surface area contributed by atoms with Crippen LogP contribution in [0.3, 0.4) is 0 Å². The van der Waals surface area contributed by atoms with E-state index in [1.54, 1.807) is 4.68 Å². The zero-order valence-electron chi connectivity index (χ0n) is 11.5. The molecule has 3 rings (SSSR count). The number of aryl methyl sites for hydroxylation is 1. The molecule has 2 saturated heterocycles. The van der Waals surface area contributed by atoms with Gasteiger partial charge in [0.15, 0.2) is 0 Å². The fourth-order valence-electron chi connectivity index (χ4n) is 3.34. The van der Waals surface area contributed by atoms with E-state index in [4.69, 9.17) is 0 Å². The minimum atomic E-state index is 0.0963.